The van der Waals surface area contributed by atoms with Crippen molar-refractivity contribution in [2.24, 2.45) is 20.0 Å². The van der Waals surface area contributed by atoms with Gasteiger partial charge in [0.2, 0.25) is 10.0 Å². The molecule has 1 aromatic carbocycles. The Morgan fingerprint density at radius 1 is 1.12 bits per heavy atom. The topological polar surface area (TPSA) is 144 Å². The van der Waals surface area contributed by atoms with E-state index in [1.807, 2.05) is 0 Å². The molecule has 0 bridgehead atoms. The summed E-state index contributed by atoms with van der Waals surface area (Å²) in [6.07, 6.45) is 1.38. The zero-order chi connectivity index (χ0) is 25.2. The van der Waals surface area contributed by atoms with E-state index in [2.05, 4.69) is 9.71 Å². The molecule has 0 aliphatic rings. The van der Waals surface area contributed by atoms with Crippen LogP contribution in [0.25, 0.3) is 11.2 Å². The van der Waals surface area contributed by atoms with Crippen molar-refractivity contribution in [3.8, 4) is 5.75 Å². The van der Waals surface area contributed by atoms with Crippen molar-refractivity contribution < 1.29 is 22.7 Å². The van der Waals surface area contributed by atoms with E-state index in [0.717, 1.165) is 4.57 Å². The highest BCUT2D eigenvalue weighted by molar-refractivity contribution is 7.89. The Kier molecular flexibility index (Phi) is 7.26. The van der Waals surface area contributed by atoms with Crippen LogP contribution in [0, 0.1) is 5.92 Å². The van der Waals surface area contributed by atoms with Crippen LogP contribution in [0.5, 0.6) is 5.75 Å². The van der Waals surface area contributed by atoms with Crippen LogP contribution in [0.4, 0.5) is 0 Å². The van der Waals surface area contributed by atoms with Crippen molar-refractivity contribution in [2.75, 3.05) is 13.7 Å². The number of ether oxygens (including phenoxy) is 2. The van der Waals surface area contributed by atoms with Gasteiger partial charge in [0.25, 0.3) is 5.56 Å². The van der Waals surface area contributed by atoms with Gasteiger partial charge >= 0.3 is 11.7 Å². The molecule has 12 nitrogen and oxygen atoms in total. The van der Waals surface area contributed by atoms with Crippen molar-refractivity contribution in [3.05, 3.63) is 51.4 Å². The minimum absolute atomic E-state index is 0.0157. The highest BCUT2D eigenvalue weighted by Crippen LogP contribution is 2.17. The monoisotopic (exact) mass is 493 g/mol. The lowest BCUT2D eigenvalue weighted by Gasteiger charge is -2.21. The van der Waals surface area contributed by atoms with Crippen LogP contribution in [0.2, 0.25) is 0 Å². The molecule has 1 atom stereocenters. The Bertz CT molecular complexity index is 1420. The molecular formula is C21H27N5O7S. The number of carbonyl (C=O) groups excluding carboxylic acids is 1. The van der Waals surface area contributed by atoms with E-state index in [-0.39, 0.29) is 29.2 Å². The maximum atomic E-state index is 12.7. The van der Waals surface area contributed by atoms with Gasteiger partial charge in [-0.25, -0.2) is 18.2 Å². The molecule has 0 saturated heterocycles. The lowest BCUT2D eigenvalue weighted by Crippen LogP contribution is -2.45. The minimum atomic E-state index is -3.99. The summed E-state index contributed by atoms with van der Waals surface area (Å²) >= 11 is 0. The largest absolute Gasteiger partial charge is 0.497 e. The summed E-state index contributed by atoms with van der Waals surface area (Å²) in [5, 5.41) is 0. The lowest BCUT2D eigenvalue weighted by atomic mass is 10.1. The van der Waals surface area contributed by atoms with E-state index in [4.69, 9.17) is 9.47 Å². The third kappa shape index (κ3) is 4.89. The summed E-state index contributed by atoms with van der Waals surface area (Å²) in [6.45, 7) is 3.33. The van der Waals surface area contributed by atoms with Gasteiger partial charge in [0, 0.05) is 14.1 Å². The molecule has 0 aliphatic carbocycles. The molecule has 0 spiro atoms. The molecular weight excluding hydrogens is 466 g/mol. The molecule has 0 amide bonds. The number of imidazole rings is 1. The minimum Gasteiger partial charge on any atom is -0.497 e. The standard InChI is InChI=1S/C21H27N5O7S/c1-13(2)16(23-34(30,31)15-8-6-14(32-5)7-9-15)20(28)33-11-10-26-12-22-18-17(26)19(27)25(4)21(29)24(18)3/h6-9,12-13,16,23H,10-11H2,1-5H3/t16-/m0/s1. The number of rotatable bonds is 9. The summed E-state index contributed by atoms with van der Waals surface area (Å²) in [6, 6.07) is 4.64. The summed E-state index contributed by atoms with van der Waals surface area (Å²) in [4.78, 5) is 41.3. The van der Waals surface area contributed by atoms with Crippen LogP contribution < -0.4 is 20.7 Å². The zero-order valence-electron chi connectivity index (χ0n) is 19.5. The first kappa shape index (κ1) is 25.2. The Morgan fingerprint density at radius 2 is 1.76 bits per heavy atom. The van der Waals surface area contributed by atoms with Crippen molar-refractivity contribution in [2.45, 2.75) is 31.3 Å². The number of sulfonamides is 1. The number of carbonyl (C=O) groups is 1. The SMILES string of the molecule is COc1ccc(S(=O)(=O)N[C@H](C(=O)OCCn2cnc3c2c(=O)n(C)c(=O)n3C)C(C)C)cc1. The maximum Gasteiger partial charge on any atom is 0.332 e. The van der Waals surface area contributed by atoms with Crippen LogP contribution in [-0.2, 0) is 40.2 Å². The number of aromatic nitrogens is 4. The van der Waals surface area contributed by atoms with Crippen molar-refractivity contribution in [1.29, 1.82) is 0 Å². The van der Waals surface area contributed by atoms with Gasteiger partial charge < -0.3 is 14.0 Å². The molecule has 2 heterocycles. The number of aryl methyl sites for hydroxylation is 1. The average molecular weight is 494 g/mol. The Labute approximate surface area is 195 Å². The number of nitrogens with zero attached hydrogens (tertiary/aromatic N) is 4. The molecule has 0 fully saturated rings. The highest BCUT2D eigenvalue weighted by Gasteiger charge is 2.29. The third-order valence-corrected chi connectivity index (χ3v) is 6.82. The van der Waals surface area contributed by atoms with E-state index >= 15 is 0 Å². The van der Waals surface area contributed by atoms with Gasteiger partial charge in [-0.3, -0.25) is 18.7 Å². The van der Waals surface area contributed by atoms with E-state index in [0.29, 0.717) is 5.75 Å². The summed E-state index contributed by atoms with van der Waals surface area (Å²) in [5.41, 5.74) is -0.611. The fourth-order valence-corrected chi connectivity index (χ4v) is 4.68. The molecule has 0 saturated carbocycles. The maximum absolute atomic E-state index is 12.7. The number of nitrogens with one attached hydrogen (secondary N) is 1. The second-order valence-electron chi connectivity index (χ2n) is 8.00. The predicted molar refractivity (Wildman–Crippen MR) is 123 cm³/mol. The van der Waals surface area contributed by atoms with Crippen LogP contribution in [0.15, 0.2) is 45.1 Å². The third-order valence-electron chi connectivity index (χ3n) is 5.37. The summed E-state index contributed by atoms with van der Waals surface area (Å²) < 4.78 is 42.0. The first-order chi connectivity index (χ1) is 16.0. The van der Waals surface area contributed by atoms with E-state index in [1.54, 1.807) is 13.8 Å². The van der Waals surface area contributed by atoms with Crippen molar-refractivity contribution in [1.82, 2.24) is 23.4 Å². The Hall–Kier alpha value is -3.45. The number of hydrogen-bond acceptors (Lipinski definition) is 8. The molecule has 0 unspecified atom stereocenters. The zero-order valence-corrected chi connectivity index (χ0v) is 20.3. The Balaban J connectivity index is 1.72. The number of methoxy groups -OCH3 is 1. The van der Waals surface area contributed by atoms with Gasteiger partial charge in [0.1, 0.15) is 18.4 Å². The molecule has 34 heavy (non-hydrogen) atoms. The number of esters is 1. The van der Waals surface area contributed by atoms with Gasteiger partial charge in [-0.15, -0.1) is 0 Å². The summed E-state index contributed by atoms with van der Waals surface area (Å²) in [5.74, 6) is -0.645. The molecule has 3 aromatic rings. The van der Waals surface area contributed by atoms with Gasteiger partial charge in [0.15, 0.2) is 11.2 Å². The molecule has 0 radical (unpaired) electrons. The normalized spacial score (nSPS) is 12.8. The van der Waals surface area contributed by atoms with Crippen LogP contribution >= 0.6 is 0 Å². The molecule has 0 aliphatic heterocycles. The smallest absolute Gasteiger partial charge is 0.332 e. The van der Waals surface area contributed by atoms with Gasteiger partial charge in [-0.1, -0.05) is 13.8 Å². The first-order valence-corrected chi connectivity index (χ1v) is 11.9. The van der Waals surface area contributed by atoms with Crippen molar-refractivity contribution >= 4 is 27.2 Å². The molecule has 3 rings (SSSR count). The van der Waals surface area contributed by atoms with Gasteiger partial charge in [-0.2, -0.15) is 4.72 Å². The van der Waals surface area contributed by atoms with E-state index < -0.39 is 39.2 Å². The molecule has 13 heteroatoms. The van der Waals surface area contributed by atoms with Crippen LogP contribution in [-0.4, -0.2) is 52.8 Å². The molecule has 184 valence electrons. The van der Waals surface area contributed by atoms with Crippen LogP contribution in [0.3, 0.4) is 0 Å². The van der Waals surface area contributed by atoms with Crippen LogP contribution in [0.1, 0.15) is 13.8 Å². The number of benzene rings is 1. The lowest BCUT2D eigenvalue weighted by molar-refractivity contribution is -0.147. The highest BCUT2D eigenvalue weighted by atomic mass is 32.2. The van der Waals surface area contributed by atoms with E-state index in [9.17, 15) is 22.8 Å². The Morgan fingerprint density at radius 3 is 2.35 bits per heavy atom. The fourth-order valence-electron chi connectivity index (χ4n) is 3.35. The van der Waals surface area contributed by atoms with Crippen molar-refractivity contribution in [3.63, 3.8) is 0 Å². The van der Waals surface area contributed by atoms with Gasteiger partial charge in [0.05, 0.1) is 24.9 Å². The first-order valence-electron chi connectivity index (χ1n) is 10.4. The number of hydrogen-bond donors (Lipinski definition) is 1. The average Bonchev–Trinajstić information content (AvgIpc) is 3.23. The second kappa shape index (κ2) is 9.81. The fraction of sp³-hybridized carbons (Fsp3) is 0.429. The van der Waals surface area contributed by atoms with E-state index in [1.165, 1.54) is 60.9 Å². The second-order valence-corrected chi connectivity index (χ2v) is 9.72. The predicted octanol–water partition coefficient (Wildman–Crippen LogP) is -0.0114. The van der Waals surface area contributed by atoms with Gasteiger partial charge in [-0.05, 0) is 30.2 Å². The number of fused-ring (bicyclic) bond motifs is 1. The summed E-state index contributed by atoms with van der Waals surface area (Å²) in [7, 11) is 0.350. The quantitative estimate of drug-likeness (QED) is 0.410. The molecule has 2 aromatic heterocycles. The molecule has 1 N–H and O–H groups in total.